The molecular weight excluding hydrogens is 252 g/mol. The molecule has 1 saturated carbocycles. The van der Waals surface area contributed by atoms with Gasteiger partial charge in [-0.2, -0.15) is 5.10 Å². The van der Waals surface area contributed by atoms with Crippen LogP contribution in [0, 0.1) is 19.3 Å². The number of nitrogens with two attached hydrogens (primary N) is 1. The highest BCUT2D eigenvalue weighted by molar-refractivity contribution is 5.76. The predicted molar refractivity (Wildman–Crippen MR) is 80.3 cm³/mol. The molecule has 1 aromatic heterocycles. The fraction of sp³-hybridized carbons (Fsp3) is 0.733. The molecule has 1 aromatic rings. The Hall–Kier alpha value is -1.52. The van der Waals surface area contributed by atoms with Gasteiger partial charge in [0.1, 0.15) is 6.54 Å². The second-order valence-corrected chi connectivity index (χ2v) is 6.39. The molecule has 20 heavy (non-hydrogen) atoms. The van der Waals surface area contributed by atoms with Gasteiger partial charge in [-0.1, -0.05) is 26.2 Å². The van der Waals surface area contributed by atoms with Crippen LogP contribution >= 0.6 is 0 Å². The lowest BCUT2D eigenvalue weighted by atomic mass is 9.76. The fourth-order valence-corrected chi connectivity index (χ4v) is 2.95. The van der Waals surface area contributed by atoms with Crippen LogP contribution in [-0.2, 0) is 11.3 Å². The summed E-state index contributed by atoms with van der Waals surface area (Å²) in [6, 6.07) is 0. The number of nitrogen functional groups attached to an aromatic ring is 1. The molecule has 1 heterocycles. The van der Waals surface area contributed by atoms with Gasteiger partial charge in [0, 0.05) is 6.54 Å². The second kappa shape index (κ2) is 5.85. The molecule has 1 aliphatic rings. The summed E-state index contributed by atoms with van der Waals surface area (Å²) in [6.07, 6.45) is 6.30. The molecule has 1 aliphatic carbocycles. The third-order valence-corrected chi connectivity index (χ3v) is 4.50. The Morgan fingerprint density at radius 2 is 2.00 bits per heavy atom. The first-order valence-electron chi connectivity index (χ1n) is 7.47. The molecule has 5 nitrogen and oxygen atoms in total. The molecule has 0 spiro atoms. The quantitative estimate of drug-likeness (QED) is 0.886. The van der Waals surface area contributed by atoms with Gasteiger partial charge in [0.25, 0.3) is 0 Å². The van der Waals surface area contributed by atoms with Crippen molar-refractivity contribution in [1.29, 1.82) is 0 Å². The number of rotatable bonds is 4. The summed E-state index contributed by atoms with van der Waals surface area (Å²) in [7, 11) is 0. The summed E-state index contributed by atoms with van der Waals surface area (Å²) in [5.74, 6) is 0.0161. The van der Waals surface area contributed by atoms with E-state index in [1.165, 1.54) is 32.1 Å². The van der Waals surface area contributed by atoms with Crippen LogP contribution in [0.2, 0.25) is 0 Å². The fourth-order valence-electron chi connectivity index (χ4n) is 2.95. The minimum atomic E-state index is 0.0161. The average Bonchev–Trinajstić information content (AvgIpc) is 2.65. The van der Waals surface area contributed by atoms with E-state index >= 15 is 0 Å². The second-order valence-electron chi connectivity index (χ2n) is 6.39. The highest BCUT2D eigenvalue weighted by Crippen LogP contribution is 2.34. The predicted octanol–water partition coefficient (Wildman–Crippen LogP) is 2.17. The minimum Gasteiger partial charge on any atom is -0.396 e. The minimum absolute atomic E-state index is 0.0161. The largest absolute Gasteiger partial charge is 0.396 e. The summed E-state index contributed by atoms with van der Waals surface area (Å²) in [4.78, 5) is 12.1. The Morgan fingerprint density at radius 3 is 2.55 bits per heavy atom. The molecule has 0 saturated heterocycles. The molecule has 0 radical (unpaired) electrons. The van der Waals surface area contributed by atoms with E-state index in [9.17, 15) is 4.79 Å². The summed E-state index contributed by atoms with van der Waals surface area (Å²) in [6.45, 7) is 7.04. The van der Waals surface area contributed by atoms with Crippen molar-refractivity contribution in [2.24, 2.45) is 5.41 Å². The van der Waals surface area contributed by atoms with Crippen LogP contribution in [0.15, 0.2) is 0 Å². The number of nitrogens with zero attached hydrogens (tertiary/aromatic N) is 2. The zero-order valence-electron chi connectivity index (χ0n) is 12.8. The van der Waals surface area contributed by atoms with Gasteiger partial charge in [-0.15, -0.1) is 0 Å². The molecule has 0 bridgehead atoms. The maximum atomic E-state index is 12.1. The number of hydrogen-bond donors (Lipinski definition) is 2. The summed E-state index contributed by atoms with van der Waals surface area (Å²) in [5.41, 5.74) is 8.47. The molecule has 0 atom stereocenters. The zero-order valence-corrected chi connectivity index (χ0v) is 12.8. The number of aromatic nitrogens is 2. The van der Waals surface area contributed by atoms with Gasteiger partial charge in [-0.3, -0.25) is 9.48 Å². The Labute approximate surface area is 120 Å². The molecule has 1 amide bonds. The van der Waals surface area contributed by atoms with Crippen molar-refractivity contribution in [3.63, 3.8) is 0 Å². The average molecular weight is 278 g/mol. The van der Waals surface area contributed by atoms with Gasteiger partial charge in [0.15, 0.2) is 0 Å². The molecule has 0 unspecified atom stereocenters. The Balaban J connectivity index is 1.87. The van der Waals surface area contributed by atoms with Gasteiger partial charge >= 0.3 is 0 Å². The van der Waals surface area contributed by atoms with Crippen molar-refractivity contribution >= 4 is 11.6 Å². The van der Waals surface area contributed by atoms with E-state index in [1.54, 1.807) is 4.68 Å². The van der Waals surface area contributed by atoms with Crippen LogP contribution in [-0.4, -0.2) is 22.2 Å². The number of hydrogen-bond acceptors (Lipinski definition) is 3. The molecule has 112 valence electrons. The van der Waals surface area contributed by atoms with E-state index in [-0.39, 0.29) is 17.9 Å². The lowest BCUT2D eigenvalue weighted by Gasteiger charge is -2.33. The van der Waals surface area contributed by atoms with Crippen molar-refractivity contribution < 1.29 is 4.79 Å². The number of carbonyl (C=O) groups excluding carboxylic acids is 1. The number of carbonyl (C=O) groups is 1. The topological polar surface area (TPSA) is 72.9 Å². The molecule has 3 N–H and O–H groups in total. The maximum Gasteiger partial charge on any atom is 0.241 e. The van der Waals surface area contributed by atoms with Crippen LogP contribution in [0.3, 0.4) is 0 Å². The van der Waals surface area contributed by atoms with E-state index in [4.69, 9.17) is 5.73 Å². The van der Waals surface area contributed by atoms with Gasteiger partial charge in [0.2, 0.25) is 5.91 Å². The van der Waals surface area contributed by atoms with E-state index in [2.05, 4.69) is 17.3 Å². The van der Waals surface area contributed by atoms with Crippen LogP contribution in [0.5, 0.6) is 0 Å². The first kappa shape index (κ1) is 14.9. The SMILES string of the molecule is Cc1nn(CC(=O)NCC2(C)CCCCC2)c(C)c1N. The summed E-state index contributed by atoms with van der Waals surface area (Å²) >= 11 is 0. The molecular formula is C15H26N4O. The maximum absolute atomic E-state index is 12.1. The van der Waals surface area contributed by atoms with E-state index in [0.29, 0.717) is 5.69 Å². The molecule has 2 rings (SSSR count). The third kappa shape index (κ3) is 3.32. The lowest BCUT2D eigenvalue weighted by molar-refractivity contribution is -0.122. The number of amides is 1. The van der Waals surface area contributed by atoms with Crippen LogP contribution < -0.4 is 11.1 Å². The Kier molecular flexibility index (Phi) is 4.35. The molecule has 1 fully saturated rings. The van der Waals surface area contributed by atoms with E-state index < -0.39 is 0 Å². The Bertz CT molecular complexity index is 486. The first-order chi connectivity index (χ1) is 9.41. The van der Waals surface area contributed by atoms with E-state index in [0.717, 1.165) is 17.9 Å². The van der Waals surface area contributed by atoms with Gasteiger partial charge in [-0.05, 0) is 32.1 Å². The number of anilines is 1. The van der Waals surface area contributed by atoms with E-state index in [1.807, 2.05) is 13.8 Å². The van der Waals surface area contributed by atoms with Crippen molar-refractivity contribution in [1.82, 2.24) is 15.1 Å². The highest BCUT2D eigenvalue weighted by Gasteiger charge is 2.27. The van der Waals surface area contributed by atoms with Crippen molar-refractivity contribution in [3.05, 3.63) is 11.4 Å². The van der Waals surface area contributed by atoms with Crippen molar-refractivity contribution in [2.45, 2.75) is 59.4 Å². The van der Waals surface area contributed by atoms with Gasteiger partial charge < -0.3 is 11.1 Å². The highest BCUT2D eigenvalue weighted by atomic mass is 16.2. The third-order valence-electron chi connectivity index (χ3n) is 4.50. The van der Waals surface area contributed by atoms with Crippen molar-refractivity contribution in [3.8, 4) is 0 Å². The summed E-state index contributed by atoms with van der Waals surface area (Å²) < 4.78 is 1.68. The smallest absolute Gasteiger partial charge is 0.241 e. The zero-order chi connectivity index (χ0) is 14.8. The normalized spacial score (nSPS) is 17.9. The van der Waals surface area contributed by atoms with Gasteiger partial charge in [-0.25, -0.2) is 0 Å². The molecule has 0 aliphatic heterocycles. The standard InChI is InChI=1S/C15H26N4O/c1-11-14(16)12(2)19(18-11)9-13(20)17-10-15(3)7-5-4-6-8-15/h4-10,16H2,1-3H3,(H,17,20). The number of nitrogens with one attached hydrogen (secondary N) is 1. The molecule has 5 heteroatoms. The van der Waals surface area contributed by atoms with Crippen LogP contribution in [0.25, 0.3) is 0 Å². The van der Waals surface area contributed by atoms with Crippen LogP contribution in [0.1, 0.15) is 50.4 Å². The molecule has 0 aromatic carbocycles. The summed E-state index contributed by atoms with van der Waals surface area (Å²) in [5, 5.41) is 7.35. The van der Waals surface area contributed by atoms with Gasteiger partial charge in [0.05, 0.1) is 17.1 Å². The van der Waals surface area contributed by atoms with Crippen LogP contribution in [0.4, 0.5) is 5.69 Å². The Morgan fingerprint density at radius 1 is 1.35 bits per heavy atom. The first-order valence-corrected chi connectivity index (χ1v) is 7.47. The lowest BCUT2D eigenvalue weighted by Crippen LogP contribution is -2.38. The monoisotopic (exact) mass is 278 g/mol. The number of aryl methyl sites for hydroxylation is 1. The van der Waals surface area contributed by atoms with Crippen molar-refractivity contribution in [2.75, 3.05) is 12.3 Å².